The van der Waals surface area contributed by atoms with E-state index in [-0.39, 0.29) is 28.7 Å². The van der Waals surface area contributed by atoms with Gasteiger partial charge in [-0.15, -0.1) is 0 Å². The molecule has 0 bridgehead atoms. The lowest BCUT2D eigenvalue weighted by molar-refractivity contribution is -0.258. The van der Waals surface area contributed by atoms with Crippen LogP contribution in [0.15, 0.2) is 23.0 Å². The molecule has 3 aliphatic heterocycles. The number of fused-ring (bicyclic) bond motifs is 3. The van der Waals surface area contributed by atoms with Crippen molar-refractivity contribution in [3.05, 3.63) is 23.0 Å². The molecule has 0 N–H and O–H groups in total. The topological polar surface area (TPSA) is 48.1 Å². The predicted molar refractivity (Wildman–Crippen MR) is 104 cm³/mol. The number of hydrogen-bond acceptors (Lipinski definition) is 4. The Balaban J connectivity index is 1.48. The van der Waals surface area contributed by atoms with Crippen LogP contribution in [-0.2, 0) is 19.0 Å². The highest BCUT2D eigenvalue weighted by Gasteiger charge is 2.80. The fraction of sp³-hybridized carbons (Fsp3) is 0.792. The van der Waals surface area contributed by atoms with Crippen molar-refractivity contribution in [2.24, 2.45) is 29.1 Å². The predicted octanol–water partition coefficient (Wildman–Crippen LogP) is 4.54. The number of esters is 1. The largest absolute Gasteiger partial charge is 0.492 e. The minimum Gasteiger partial charge on any atom is -0.492 e. The van der Waals surface area contributed by atoms with Gasteiger partial charge in [-0.3, -0.25) is 0 Å². The zero-order valence-corrected chi connectivity index (χ0v) is 17.5. The summed E-state index contributed by atoms with van der Waals surface area (Å²) in [5, 5.41) is 0. The van der Waals surface area contributed by atoms with Gasteiger partial charge in [0.2, 0.25) is 0 Å². The van der Waals surface area contributed by atoms with Crippen molar-refractivity contribution >= 4 is 5.97 Å². The molecule has 0 aromatic heterocycles. The molecule has 3 aliphatic carbocycles. The average Bonchev–Trinajstić information content (AvgIpc) is 3.22. The van der Waals surface area contributed by atoms with E-state index in [0.717, 1.165) is 50.0 Å². The SMILES string of the molecule is CC1=C2C(=O)O[C@H]3[C@H]4[C@@H](CC/C(C)=C/CCC45CO5)[C@]34CC[C@H]([C@H]24)C(C)(C)O1. The number of carbonyl (C=O) groups excluding carboxylic acids is 1. The van der Waals surface area contributed by atoms with Crippen LogP contribution in [0.4, 0.5) is 0 Å². The van der Waals surface area contributed by atoms with Gasteiger partial charge >= 0.3 is 5.97 Å². The maximum Gasteiger partial charge on any atom is 0.338 e. The Labute approximate surface area is 167 Å². The Morgan fingerprint density at radius 1 is 1.11 bits per heavy atom. The number of carbonyl (C=O) groups is 1. The molecule has 2 saturated carbocycles. The Morgan fingerprint density at radius 2 is 1.89 bits per heavy atom. The zero-order valence-electron chi connectivity index (χ0n) is 17.5. The van der Waals surface area contributed by atoms with Crippen LogP contribution < -0.4 is 0 Å². The van der Waals surface area contributed by atoms with Crippen LogP contribution in [0.1, 0.15) is 66.2 Å². The lowest BCUT2D eigenvalue weighted by atomic mass is 9.41. The van der Waals surface area contributed by atoms with Crippen LogP contribution in [-0.4, -0.2) is 29.9 Å². The number of hydrogen-bond donors (Lipinski definition) is 0. The van der Waals surface area contributed by atoms with Gasteiger partial charge in [-0.1, -0.05) is 11.6 Å². The molecule has 0 aromatic carbocycles. The number of epoxide rings is 1. The summed E-state index contributed by atoms with van der Waals surface area (Å²) in [6.45, 7) is 9.52. The van der Waals surface area contributed by atoms with E-state index in [2.05, 4.69) is 26.8 Å². The lowest BCUT2D eigenvalue weighted by Crippen LogP contribution is -2.72. The minimum absolute atomic E-state index is 0.0337. The lowest BCUT2D eigenvalue weighted by Gasteiger charge is -2.67. The van der Waals surface area contributed by atoms with Crippen molar-refractivity contribution in [1.29, 1.82) is 0 Å². The van der Waals surface area contributed by atoms with Crippen LogP contribution in [0, 0.1) is 29.1 Å². The van der Waals surface area contributed by atoms with E-state index in [4.69, 9.17) is 14.2 Å². The minimum atomic E-state index is -0.211. The molecule has 2 saturated heterocycles. The number of ether oxygens (including phenoxy) is 3. The maximum atomic E-state index is 13.1. The standard InChI is InChI=1S/C24H32O4/c1-13-6-5-10-23(12-26-23)19-16(8-7-13)24-11-9-15-18(24)17(21(25)27-20(19)24)14(2)28-22(15,3)4/h6,15-16,18-20H,5,7-12H2,1-4H3/b13-6+/t15-,16-,18-,19-,20+,23?,24+/m1/s1. The van der Waals surface area contributed by atoms with Gasteiger partial charge in [0, 0.05) is 23.2 Å². The summed E-state index contributed by atoms with van der Waals surface area (Å²) in [5.41, 5.74) is 2.21. The van der Waals surface area contributed by atoms with E-state index < -0.39 is 0 Å². The molecule has 152 valence electrons. The monoisotopic (exact) mass is 384 g/mol. The third-order valence-corrected chi connectivity index (χ3v) is 9.34. The van der Waals surface area contributed by atoms with Crippen molar-refractivity contribution in [1.82, 2.24) is 0 Å². The van der Waals surface area contributed by atoms with Crippen molar-refractivity contribution in [3.63, 3.8) is 0 Å². The van der Waals surface area contributed by atoms with E-state index in [1.165, 1.54) is 12.0 Å². The number of allylic oxidation sites excluding steroid dienone is 3. The van der Waals surface area contributed by atoms with Crippen LogP contribution in [0.5, 0.6) is 0 Å². The van der Waals surface area contributed by atoms with Crippen molar-refractivity contribution in [3.8, 4) is 0 Å². The van der Waals surface area contributed by atoms with Crippen LogP contribution in [0.25, 0.3) is 0 Å². The average molecular weight is 385 g/mol. The number of rotatable bonds is 0. The van der Waals surface area contributed by atoms with E-state index >= 15 is 0 Å². The molecule has 4 fully saturated rings. The summed E-state index contributed by atoms with van der Waals surface area (Å²) >= 11 is 0. The Bertz CT molecular complexity index is 816. The second-order valence-corrected chi connectivity index (χ2v) is 10.9. The van der Waals surface area contributed by atoms with Gasteiger partial charge < -0.3 is 14.2 Å². The molecular weight excluding hydrogens is 352 g/mol. The van der Waals surface area contributed by atoms with Gasteiger partial charge in [-0.2, -0.15) is 0 Å². The first-order valence-electron chi connectivity index (χ1n) is 11.2. The first-order chi connectivity index (χ1) is 13.3. The molecule has 0 radical (unpaired) electrons. The van der Waals surface area contributed by atoms with Gasteiger partial charge in [-0.25, -0.2) is 4.79 Å². The van der Waals surface area contributed by atoms with Gasteiger partial charge in [0.25, 0.3) is 0 Å². The molecule has 1 unspecified atom stereocenters. The summed E-state index contributed by atoms with van der Waals surface area (Å²) < 4.78 is 18.6. The highest BCUT2D eigenvalue weighted by Crippen LogP contribution is 2.76. The highest BCUT2D eigenvalue weighted by atomic mass is 16.6. The van der Waals surface area contributed by atoms with Crippen molar-refractivity contribution in [2.45, 2.75) is 83.5 Å². The van der Waals surface area contributed by atoms with E-state index in [1.54, 1.807) is 0 Å². The molecule has 0 amide bonds. The van der Waals surface area contributed by atoms with Gasteiger partial charge in [-0.05, 0) is 72.1 Å². The van der Waals surface area contributed by atoms with E-state index in [9.17, 15) is 4.79 Å². The highest BCUT2D eigenvalue weighted by molar-refractivity contribution is 5.91. The summed E-state index contributed by atoms with van der Waals surface area (Å²) in [7, 11) is 0. The zero-order chi connectivity index (χ0) is 19.5. The normalized spacial score (nSPS) is 52.5. The van der Waals surface area contributed by atoms with E-state index in [1.807, 2.05) is 6.92 Å². The quantitative estimate of drug-likeness (QED) is 0.349. The fourth-order valence-corrected chi connectivity index (χ4v) is 8.14. The fourth-order valence-electron chi connectivity index (χ4n) is 8.14. The summed E-state index contributed by atoms with van der Waals surface area (Å²) in [6, 6.07) is 0. The molecule has 7 atom stereocenters. The van der Waals surface area contributed by atoms with Crippen LogP contribution in [0.2, 0.25) is 0 Å². The second-order valence-electron chi connectivity index (χ2n) is 10.9. The van der Waals surface area contributed by atoms with Gasteiger partial charge in [0.1, 0.15) is 17.5 Å². The molecule has 3 heterocycles. The Hall–Kier alpha value is -1.29. The molecule has 0 aromatic rings. The molecule has 28 heavy (non-hydrogen) atoms. The first-order valence-corrected chi connectivity index (χ1v) is 11.2. The molecular formula is C24H32O4. The molecule has 6 aliphatic rings. The summed E-state index contributed by atoms with van der Waals surface area (Å²) in [4.78, 5) is 13.1. The Morgan fingerprint density at radius 3 is 2.64 bits per heavy atom. The summed E-state index contributed by atoms with van der Waals surface area (Å²) in [5.74, 6) is 2.35. The van der Waals surface area contributed by atoms with E-state index in [0.29, 0.717) is 23.7 Å². The second kappa shape index (κ2) is 5.24. The smallest absolute Gasteiger partial charge is 0.338 e. The van der Waals surface area contributed by atoms with Gasteiger partial charge in [0.05, 0.1) is 17.8 Å². The van der Waals surface area contributed by atoms with Gasteiger partial charge in [0.15, 0.2) is 0 Å². The molecule has 2 spiro atoms. The van der Waals surface area contributed by atoms with Crippen LogP contribution in [0.3, 0.4) is 0 Å². The first kappa shape index (κ1) is 17.6. The third-order valence-electron chi connectivity index (χ3n) is 9.34. The van der Waals surface area contributed by atoms with Crippen molar-refractivity contribution < 1.29 is 19.0 Å². The third kappa shape index (κ3) is 1.94. The van der Waals surface area contributed by atoms with Crippen LogP contribution >= 0.6 is 0 Å². The maximum absolute atomic E-state index is 13.1. The summed E-state index contributed by atoms with van der Waals surface area (Å²) in [6.07, 6.45) is 9.24. The van der Waals surface area contributed by atoms with Crippen molar-refractivity contribution in [2.75, 3.05) is 6.61 Å². The molecule has 4 heteroatoms. The molecule has 4 nitrogen and oxygen atoms in total. The Kier molecular flexibility index (Phi) is 3.29. The molecule has 6 rings (SSSR count).